The van der Waals surface area contributed by atoms with Crippen molar-refractivity contribution < 1.29 is 43.2 Å². The van der Waals surface area contributed by atoms with Gasteiger partial charge < -0.3 is 34.1 Å². The van der Waals surface area contributed by atoms with E-state index in [4.69, 9.17) is 23.7 Å². The van der Waals surface area contributed by atoms with Crippen molar-refractivity contribution in [2.24, 2.45) is 17.8 Å². The smallest absolute Gasteiger partial charge is 0.339 e. The highest BCUT2D eigenvalue weighted by molar-refractivity contribution is 5.95. The normalized spacial score (nSPS) is 31.3. The molecule has 3 unspecified atom stereocenters. The van der Waals surface area contributed by atoms with Gasteiger partial charge in [-0.2, -0.15) is 0 Å². The Morgan fingerprint density at radius 3 is 2.48 bits per heavy atom. The van der Waals surface area contributed by atoms with Gasteiger partial charge in [0.15, 0.2) is 5.79 Å². The van der Waals surface area contributed by atoms with E-state index in [9.17, 15) is 19.5 Å². The number of ether oxygens (including phenoxy) is 5. The summed E-state index contributed by atoms with van der Waals surface area (Å²) >= 11 is 0. The predicted molar refractivity (Wildman–Crippen MR) is 175 cm³/mol. The standard InChI is InChI=1S/C38H49NO9/c1-37(2,3)47-33(41)17-15-27(21-40)39-35(42)24-19-31(34-32(20-24)46-38(48-34,25-11-12-25)26-13-14-26)45-36(43)28-7-5-4-6-23(28)10-8-22-9-16-29-30(18-22)44-29/h4-8,10,20,22,25-27,29-32,34,40H,9,11-19,21H2,1-3H3,(H,39,42)/t22?,27-,29?,30?,31+,32+,34-/m0/s1. The first-order valence-corrected chi connectivity index (χ1v) is 17.8. The lowest BCUT2D eigenvalue weighted by molar-refractivity contribution is -0.209. The Hall–Kier alpha value is -3.05. The van der Waals surface area contributed by atoms with Gasteiger partial charge in [-0.25, -0.2) is 4.79 Å². The fourth-order valence-corrected chi connectivity index (χ4v) is 7.62. The molecule has 2 aliphatic heterocycles. The van der Waals surface area contributed by atoms with E-state index in [0.29, 0.717) is 41.1 Å². The van der Waals surface area contributed by atoms with Gasteiger partial charge in [-0.3, -0.25) is 9.59 Å². The molecule has 6 aliphatic rings. The van der Waals surface area contributed by atoms with Crippen LogP contribution < -0.4 is 5.32 Å². The molecule has 5 fully saturated rings. The van der Waals surface area contributed by atoms with E-state index in [2.05, 4.69) is 11.4 Å². The zero-order chi connectivity index (χ0) is 33.6. The molecule has 3 saturated carbocycles. The highest BCUT2D eigenvalue weighted by Gasteiger charge is 2.64. The monoisotopic (exact) mass is 663 g/mol. The highest BCUT2D eigenvalue weighted by Crippen LogP contribution is 2.59. The van der Waals surface area contributed by atoms with E-state index in [1.165, 1.54) is 0 Å². The molecule has 2 N–H and O–H groups in total. The maximum Gasteiger partial charge on any atom is 0.339 e. The summed E-state index contributed by atoms with van der Waals surface area (Å²) in [6, 6.07) is 6.78. The van der Waals surface area contributed by atoms with Crippen LogP contribution in [0.25, 0.3) is 6.08 Å². The van der Waals surface area contributed by atoms with Gasteiger partial charge >= 0.3 is 11.9 Å². The number of epoxide rings is 1. The Labute approximate surface area is 282 Å². The summed E-state index contributed by atoms with van der Waals surface area (Å²) in [7, 11) is 0. The number of benzene rings is 1. The molecular formula is C38H49NO9. The quantitative estimate of drug-likeness (QED) is 0.234. The van der Waals surface area contributed by atoms with Gasteiger partial charge in [0.25, 0.3) is 0 Å². The third-order valence-corrected chi connectivity index (χ3v) is 10.4. The predicted octanol–water partition coefficient (Wildman–Crippen LogP) is 5.02. The Bertz CT molecular complexity index is 1440. The minimum atomic E-state index is -0.749. The SMILES string of the molecule is CC(C)(C)OC(=O)CC[C@@H](CO)NC(=O)C1=C[C@H]2OC(C3CC3)(C3CC3)O[C@H]2[C@H](OC(=O)c2ccccc2C=CC2CCC3OC3C2)C1. The number of allylic oxidation sites excluding steroid dienone is 1. The average molecular weight is 664 g/mol. The molecule has 7 rings (SSSR count). The minimum absolute atomic E-state index is 0.0541. The molecular weight excluding hydrogens is 614 g/mol. The maximum absolute atomic E-state index is 13.9. The van der Waals surface area contributed by atoms with Crippen LogP contribution in [-0.4, -0.2) is 77.5 Å². The number of esters is 2. The minimum Gasteiger partial charge on any atom is -0.460 e. The van der Waals surface area contributed by atoms with Gasteiger partial charge in [-0.15, -0.1) is 0 Å². The van der Waals surface area contributed by atoms with Crippen LogP contribution in [0.4, 0.5) is 0 Å². The lowest BCUT2D eigenvalue weighted by Gasteiger charge is -2.31. The van der Waals surface area contributed by atoms with Crippen LogP contribution in [0.5, 0.6) is 0 Å². The van der Waals surface area contributed by atoms with Crippen LogP contribution >= 0.6 is 0 Å². The summed E-state index contributed by atoms with van der Waals surface area (Å²) in [6.45, 7) is 5.05. The van der Waals surface area contributed by atoms with Crippen molar-refractivity contribution in [1.29, 1.82) is 0 Å². The third kappa shape index (κ3) is 7.57. The molecule has 0 aromatic heterocycles. The van der Waals surface area contributed by atoms with Crippen molar-refractivity contribution in [3.63, 3.8) is 0 Å². The number of nitrogens with one attached hydrogen (secondary N) is 1. The second-order valence-electron chi connectivity index (χ2n) is 15.5. The highest BCUT2D eigenvalue weighted by atomic mass is 16.8. The van der Waals surface area contributed by atoms with E-state index in [0.717, 1.165) is 50.5 Å². The van der Waals surface area contributed by atoms with Gasteiger partial charge in [-0.05, 0) is 95.8 Å². The molecule has 0 bridgehead atoms. The van der Waals surface area contributed by atoms with Crippen LogP contribution in [0.15, 0.2) is 42.0 Å². The largest absolute Gasteiger partial charge is 0.460 e. The number of fused-ring (bicyclic) bond motifs is 2. The van der Waals surface area contributed by atoms with Crippen LogP contribution in [0.1, 0.15) is 101 Å². The lowest BCUT2D eigenvalue weighted by Crippen LogP contribution is -2.45. The van der Waals surface area contributed by atoms with E-state index in [1.807, 2.05) is 24.3 Å². The second-order valence-corrected chi connectivity index (χ2v) is 15.5. The number of rotatable bonds is 12. The lowest BCUT2D eigenvalue weighted by atomic mass is 9.88. The van der Waals surface area contributed by atoms with E-state index < -0.39 is 53.6 Å². The molecule has 0 radical (unpaired) electrons. The number of hydrogen-bond donors (Lipinski definition) is 2. The number of amides is 1. The fraction of sp³-hybridized carbons (Fsp3) is 0.658. The summed E-state index contributed by atoms with van der Waals surface area (Å²) in [5.41, 5.74) is 1.03. The summed E-state index contributed by atoms with van der Waals surface area (Å²) in [5.74, 6) is -0.966. The van der Waals surface area contributed by atoms with Crippen molar-refractivity contribution in [1.82, 2.24) is 5.32 Å². The van der Waals surface area contributed by atoms with E-state index in [-0.39, 0.29) is 25.9 Å². The zero-order valence-corrected chi connectivity index (χ0v) is 28.2. The van der Waals surface area contributed by atoms with Crippen molar-refractivity contribution in [2.75, 3.05) is 6.61 Å². The van der Waals surface area contributed by atoms with Crippen molar-refractivity contribution in [3.8, 4) is 0 Å². The van der Waals surface area contributed by atoms with Crippen molar-refractivity contribution >= 4 is 23.9 Å². The first kappa shape index (κ1) is 33.4. The molecule has 10 heteroatoms. The Balaban J connectivity index is 1.06. The van der Waals surface area contributed by atoms with E-state index in [1.54, 1.807) is 32.9 Å². The Kier molecular flexibility index (Phi) is 9.30. The van der Waals surface area contributed by atoms with Crippen molar-refractivity contribution in [3.05, 3.63) is 53.1 Å². The molecule has 0 spiro atoms. The molecule has 2 heterocycles. The van der Waals surface area contributed by atoms with Gasteiger partial charge in [0.1, 0.15) is 23.9 Å². The summed E-state index contributed by atoms with van der Waals surface area (Å²) in [4.78, 5) is 39.8. The molecule has 4 aliphatic carbocycles. The summed E-state index contributed by atoms with van der Waals surface area (Å²) in [6.07, 6.45) is 12.7. The number of hydrogen-bond acceptors (Lipinski definition) is 9. The maximum atomic E-state index is 13.9. The second kappa shape index (κ2) is 13.3. The van der Waals surface area contributed by atoms with Crippen LogP contribution in [-0.2, 0) is 33.3 Å². The number of carbonyl (C=O) groups excluding carboxylic acids is 3. The van der Waals surface area contributed by atoms with Crippen LogP contribution in [0.3, 0.4) is 0 Å². The Morgan fingerprint density at radius 1 is 1.04 bits per heavy atom. The number of aliphatic hydroxyl groups excluding tert-OH is 1. The molecule has 10 nitrogen and oxygen atoms in total. The van der Waals surface area contributed by atoms with Gasteiger partial charge in [-0.1, -0.05) is 30.4 Å². The van der Waals surface area contributed by atoms with E-state index >= 15 is 0 Å². The van der Waals surface area contributed by atoms with Crippen LogP contribution in [0.2, 0.25) is 0 Å². The number of aliphatic hydroxyl groups is 1. The van der Waals surface area contributed by atoms with Crippen molar-refractivity contribution in [2.45, 2.75) is 133 Å². The zero-order valence-electron chi connectivity index (χ0n) is 28.2. The molecule has 1 aromatic carbocycles. The number of carbonyl (C=O) groups is 3. The molecule has 48 heavy (non-hydrogen) atoms. The van der Waals surface area contributed by atoms with Gasteiger partial charge in [0.2, 0.25) is 5.91 Å². The Morgan fingerprint density at radius 2 is 1.79 bits per heavy atom. The van der Waals surface area contributed by atoms with Gasteiger partial charge in [0.05, 0.1) is 30.4 Å². The fourth-order valence-electron chi connectivity index (χ4n) is 7.62. The van der Waals surface area contributed by atoms with Crippen LogP contribution in [0, 0.1) is 17.8 Å². The molecule has 1 amide bonds. The van der Waals surface area contributed by atoms with Gasteiger partial charge in [0, 0.05) is 30.3 Å². The first-order valence-electron chi connectivity index (χ1n) is 17.8. The summed E-state index contributed by atoms with van der Waals surface area (Å²) in [5, 5.41) is 12.9. The average Bonchev–Trinajstić information content (AvgIpc) is 3.92. The third-order valence-electron chi connectivity index (χ3n) is 10.4. The molecule has 2 saturated heterocycles. The molecule has 260 valence electrons. The topological polar surface area (TPSA) is 133 Å². The molecule has 7 atom stereocenters. The first-order chi connectivity index (χ1) is 23.0. The molecule has 1 aromatic rings. The summed E-state index contributed by atoms with van der Waals surface area (Å²) < 4.78 is 30.8.